The van der Waals surface area contributed by atoms with Crippen LogP contribution in [-0.4, -0.2) is 12.6 Å². The fourth-order valence-corrected chi connectivity index (χ4v) is 3.05. The van der Waals surface area contributed by atoms with Gasteiger partial charge in [-0.2, -0.15) is 0 Å². The first-order valence-corrected chi connectivity index (χ1v) is 7.07. The summed E-state index contributed by atoms with van der Waals surface area (Å²) in [6.07, 6.45) is 1.90. The highest BCUT2D eigenvalue weighted by molar-refractivity contribution is 9.08. The summed E-state index contributed by atoms with van der Waals surface area (Å²) in [6.45, 7) is 2.52. The Labute approximate surface area is 107 Å². The maximum absolute atomic E-state index is 11.6. The Morgan fingerprint density at radius 2 is 2.40 bits per heavy atom. The lowest BCUT2D eigenvalue weighted by Gasteiger charge is -2.02. The zero-order valence-corrected chi connectivity index (χ0v) is 11.5. The van der Waals surface area contributed by atoms with Gasteiger partial charge in [0.2, 0.25) is 0 Å². The number of alkyl halides is 1. The molecule has 0 bridgehead atoms. The molecular weight excluding hydrogens is 300 g/mol. The largest absolute Gasteiger partial charge is 0.461 e. The molecule has 0 N–H and O–H groups in total. The van der Waals surface area contributed by atoms with Crippen molar-refractivity contribution in [3.63, 3.8) is 0 Å². The van der Waals surface area contributed by atoms with E-state index in [1.54, 1.807) is 0 Å². The molecule has 1 aromatic heterocycles. The number of hydrogen-bond acceptors (Lipinski definition) is 3. The van der Waals surface area contributed by atoms with E-state index in [-0.39, 0.29) is 5.97 Å². The van der Waals surface area contributed by atoms with E-state index < -0.39 is 0 Å². The van der Waals surface area contributed by atoms with E-state index in [1.165, 1.54) is 11.3 Å². The third-order valence-corrected chi connectivity index (χ3v) is 4.02. The zero-order valence-electron chi connectivity index (χ0n) is 8.39. The minimum Gasteiger partial charge on any atom is -0.461 e. The predicted octanol–water partition coefficient (Wildman–Crippen LogP) is 4.25. The molecule has 1 rings (SSSR count). The molecule has 2 nitrogen and oxygen atoms in total. The molecule has 1 aromatic rings. The molecule has 5 heteroatoms. The minimum atomic E-state index is -0.314. The lowest BCUT2D eigenvalue weighted by Crippen LogP contribution is -2.04. The fraction of sp³-hybridized carbons (Fsp3) is 0.500. The first-order chi connectivity index (χ1) is 7.20. The molecule has 0 aromatic carbocycles. The van der Waals surface area contributed by atoms with Crippen molar-refractivity contribution in [3.05, 3.63) is 20.8 Å². The van der Waals surface area contributed by atoms with Crippen LogP contribution in [0, 0.1) is 0 Å². The second kappa shape index (κ2) is 6.51. The number of carbonyl (C=O) groups excluding carboxylic acids is 1. The Morgan fingerprint density at radius 3 is 2.93 bits per heavy atom. The number of carbonyl (C=O) groups is 1. The summed E-state index contributed by atoms with van der Waals surface area (Å²) in [5, 5.41) is 3.04. The standard InChI is InChI=1S/C10H12BrClO2S/c1-2-3-4-14-10(13)9-8(12)7(5-11)6-15-9/h6H,2-5H2,1H3. The monoisotopic (exact) mass is 310 g/mol. The Morgan fingerprint density at radius 1 is 1.67 bits per heavy atom. The van der Waals surface area contributed by atoms with Gasteiger partial charge in [-0.15, -0.1) is 11.3 Å². The molecule has 0 amide bonds. The van der Waals surface area contributed by atoms with Gasteiger partial charge >= 0.3 is 5.97 Å². The second-order valence-electron chi connectivity index (χ2n) is 3.03. The molecule has 0 aliphatic rings. The molecule has 84 valence electrons. The van der Waals surface area contributed by atoms with Crippen LogP contribution in [0.1, 0.15) is 35.0 Å². The summed E-state index contributed by atoms with van der Waals surface area (Å²) in [5.41, 5.74) is 0.934. The van der Waals surface area contributed by atoms with Crippen LogP contribution in [0.15, 0.2) is 5.38 Å². The Hall–Kier alpha value is -0.0600. The van der Waals surface area contributed by atoms with Gasteiger partial charge in [-0.1, -0.05) is 40.9 Å². The summed E-state index contributed by atoms with van der Waals surface area (Å²) in [5.74, 6) is -0.314. The van der Waals surface area contributed by atoms with Crippen molar-refractivity contribution in [1.29, 1.82) is 0 Å². The van der Waals surface area contributed by atoms with Gasteiger partial charge in [0.25, 0.3) is 0 Å². The molecule has 0 saturated heterocycles. The number of unbranched alkanes of at least 4 members (excludes halogenated alkanes) is 1. The number of thiophene rings is 1. The number of hydrogen-bond donors (Lipinski definition) is 0. The fourth-order valence-electron chi connectivity index (χ4n) is 0.982. The van der Waals surface area contributed by atoms with Crippen molar-refractivity contribution in [2.75, 3.05) is 6.61 Å². The van der Waals surface area contributed by atoms with Gasteiger partial charge in [0.05, 0.1) is 11.6 Å². The van der Waals surface area contributed by atoms with E-state index in [4.69, 9.17) is 16.3 Å². The van der Waals surface area contributed by atoms with Gasteiger partial charge in [0.1, 0.15) is 4.88 Å². The van der Waals surface area contributed by atoms with Gasteiger partial charge < -0.3 is 4.74 Å². The summed E-state index contributed by atoms with van der Waals surface area (Å²) in [6, 6.07) is 0. The summed E-state index contributed by atoms with van der Waals surface area (Å²) in [4.78, 5) is 12.1. The van der Waals surface area contributed by atoms with Crippen LogP contribution in [0.3, 0.4) is 0 Å². The molecule has 0 atom stereocenters. The van der Waals surface area contributed by atoms with Crippen LogP contribution in [0.25, 0.3) is 0 Å². The highest BCUT2D eigenvalue weighted by Gasteiger charge is 2.16. The number of halogens is 2. The number of esters is 1. The smallest absolute Gasteiger partial charge is 0.349 e. The molecule has 0 fully saturated rings. The normalized spacial score (nSPS) is 10.3. The molecule has 0 unspecified atom stereocenters. The molecule has 0 saturated carbocycles. The molecule has 0 aliphatic carbocycles. The van der Waals surface area contributed by atoms with Crippen LogP contribution >= 0.6 is 38.9 Å². The van der Waals surface area contributed by atoms with Crippen LogP contribution < -0.4 is 0 Å². The highest BCUT2D eigenvalue weighted by Crippen LogP contribution is 2.30. The van der Waals surface area contributed by atoms with E-state index in [0.717, 1.165) is 18.4 Å². The summed E-state index contributed by atoms with van der Waals surface area (Å²) in [7, 11) is 0. The molecule has 15 heavy (non-hydrogen) atoms. The van der Waals surface area contributed by atoms with E-state index in [9.17, 15) is 4.79 Å². The van der Waals surface area contributed by atoms with Gasteiger partial charge in [-0.25, -0.2) is 4.79 Å². The van der Waals surface area contributed by atoms with Gasteiger partial charge in [0, 0.05) is 5.33 Å². The van der Waals surface area contributed by atoms with Crippen molar-refractivity contribution in [3.8, 4) is 0 Å². The maximum atomic E-state index is 11.6. The Bertz CT molecular complexity index is 338. The van der Waals surface area contributed by atoms with Crippen molar-refractivity contribution in [1.82, 2.24) is 0 Å². The zero-order chi connectivity index (χ0) is 11.3. The quantitative estimate of drug-likeness (QED) is 0.461. The van der Waals surface area contributed by atoms with Gasteiger partial charge in [-0.3, -0.25) is 0 Å². The SMILES string of the molecule is CCCCOC(=O)c1scc(CBr)c1Cl. The molecule has 0 aliphatic heterocycles. The third kappa shape index (κ3) is 3.47. The van der Waals surface area contributed by atoms with Crippen LogP contribution in [0.2, 0.25) is 5.02 Å². The minimum absolute atomic E-state index is 0.314. The predicted molar refractivity (Wildman–Crippen MR) is 67.2 cm³/mol. The average molecular weight is 312 g/mol. The van der Waals surface area contributed by atoms with E-state index in [2.05, 4.69) is 22.9 Å². The highest BCUT2D eigenvalue weighted by atomic mass is 79.9. The van der Waals surface area contributed by atoms with Crippen molar-refractivity contribution in [2.24, 2.45) is 0 Å². The molecule has 0 radical (unpaired) electrons. The topological polar surface area (TPSA) is 26.3 Å². The molecule has 0 spiro atoms. The van der Waals surface area contributed by atoms with E-state index >= 15 is 0 Å². The maximum Gasteiger partial charge on any atom is 0.349 e. The van der Waals surface area contributed by atoms with Gasteiger partial charge in [0.15, 0.2) is 0 Å². The third-order valence-electron chi connectivity index (χ3n) is 1.86. The molecular formula is C10H12BrClO2S. The lowest BCUT2D eigenvalue weighted by atomic mass is 10.3. The van der Waals surface area contributed by atoms with E-state index in [0.29, 0.717) is 21.8 Å². The van der Waals surface area contributed by atoms with Crippen molar-refractivity contribution in [2.45, 2.75) is 25.1 Å². The van der Waals surface area contributed by atoms with Crippen LogP contribution in [0.4, 0.5) is 0 Å². The number of rotatable bonds is 5. The number of ether oxygens (including phenoxy) is 1. The Balaban J connectivity index is 2.61. The summed E-state index contributed by atoms with van der Waals surface area (Å²) >= 11 is 10.6. The van der Waals surface area contributed by atoms with Crippen molar-refractivity contribution >= 4 is 44.8 Å². The lowest BCUT2D eigenvalue weighted by molar-refractivity contribution is 0.0505. The molecule has 1 heterocycles. The van der Waals surface area contributed by atoms with Crippen LogP contribution in [0.5, 0.6) is 0 Å². The van der Waals surface area contributed by atoms with Gasteiger partial charge in [-0.05, 0) is 17.4 Å². The first-order valence-electron chi connectivity index (χ1n) is 4.69. The van der Waals surface area contributed by atoms with Crippen LogP contribution in [-0.2, 0) is 10.1 Å². The first kappa shape index (κ1) is 13.0. The Kier molecular flexibility index (Phi) is 5.64. The average Bonchev–Trinajstić information content (AvgIpc) is 2.60. The van der Waals surface area contributed by atoms with E-state index in [1.807, 2.05) is 5.38 Å². The van der Waals surface area contributed by atoms with Crippen molar-refractivity contribution < 1.29 is 9.53 Å². The summed E-state index contributed by atoms with van der Waals surface area (Å²) < 4.78 is 5.08. The second-order valence-corrected chi connectivity index (χ2v) is 4.85.